The number of urea groups is 1. The summed E-state index contributed by atoms with van der Waals surface area (Å²) in [6, 6.07) is 10.7. The van der Waals surface area contributed by atoms with E-state index in [4.69, 9.17) is 13.3 Å². The van der Waals surface area contributed by atoms with Crippen molar-refractivity contribution in [2.24, 2.45) is 0 Å². The van der Waals surface area contributed by atoms with Gasteiger partial charge in [-0.25, -0.2) is 4.79 Å². The predicted octanol–water partition coefficient (Wildman–Crippen LogP) is 2.97. The van der Waals surface area contributed by atoms with Crippen LogP contribution in [0.1, 0.15) is 32.8 Å². The summed E-state index contributed by atoms with van der Waals surface area (Å²) in [5, 5.41) is 5.75. The van der Waals surface area contributed by atoms with Crippen LogP contribution in [0.2, 0.25) is 6.04 Å². The molecular weight excluding hydrogens is 336 g/mol. The maximum Gasteiger partial charge on any atom is 0.500 e. The molecule has 0 heterocycles. The number of carbonyl (C=O) groups excluding carboxylic acids is 1. The molecule has 142 valence electrons. The molecule has 0 bridgehead atoms. The summed E-state index contributed by atoms with van der Waals surface area (Å²) in [5.41, 5.74) is 1.21. The standard InChI is InChI=1S/C18H32N2O4Si/c1-4-22-25(23-5-2,24-6-3)16-10-14-19-18(21)20-15-13-17-11-8-7-9-12-17/h7-9,11-12H,4-6,10,13-16H2,1-3H3,(H2,19,20,21). The topological polar surface area (TPSA) is 68.8 Å². The van der Waals surface area contributed by atoms with Crippen LogP contribution >= 0.6 is 0 Å². The Morgan fingerprint density at radius 3 is 2.04 bits per heavy atom. The van der Waals surface area contributed by atoms with Crippen molar-refractivity contribution in [3.8, 4) is 0 Å². The van der Waals surface area contributed by atoms with Crippen LogP contribution in [0.3, 0.4) is 0 Å². The minimum atomic E-state index is -2.61. The SMILES string of the molecule is CCO[Si](CCCNC(=O)NCCc1ccccc1)(OCC)OCC. The second-order valence-electron chi connectivity index (χ2n) is 5.50. The van der Waals surface area contributed by atoms with Crippen LogP contribution < -0.4 is 10.6 Å². The van der Waals surface area contributed by atoms with E-state index in [2.05, 4.69) is 22.8 Å². The summed E-state index contributed by atoms with van der Waals surface area (Å²) < 4.78 is 17.4. The molecule has 0 saturated carbocycles. The summed E-state index contributed by atoms with van der Waals surface area (Å²) in [5.74, 6) is 0. The summed E-state index contributed by atoms with van der Waals surface area (Å²) in [7, 11) is -2.61. The third-order valence-corrected chi connectivity index (χ3v) is 6.73. The molecule has 2 amide bonds. The monoisotopic (exact) mass is 368 g/mol. The van der Waals surface area contributed by atoms with Crippen LogP contribution in [-0.4, -0.2) is 47.7 Å². The van der Waals surface area contributed by atoms with E-state index >= 15 is 0 Å². The Morgan fingerprint density at radius 1 is 0.920 bits per heavy atom. The summed E-state index contributed by atoms with van der Waals surface area (Å²) in [6.45, 7) is 8.72. The second-order valence-corrected chi connectivity index (χ2v) is 8.24. The Morgan fingerprint density at radius 2 is 1.48 bits per heavy atom. The molecule has 0 saturated heterocycles. The van der Waals surface area contributed by atoms with Gasteiger partial charge in [-0.05, 0) is 39.2 Å². The molecule has 1 aromatic carbocycles. The largest absolute Gasteiger partial charge is 0.500 e. The molecule has 6 nitrogen and oxygen atoms in total. The maximum atomic E-state index is 11.8. The van der Waals surface area contributed by atoms with Crippen molar-refractivity contribution in [3.63, 3.8) is 0 Å². The molecule has 2 N–H and O–H groups in total. The average Bonchev–Trinajstić information content (AvgIpc) is 2.60. The third-order valence-electron chi connectivity index (χ3n) is 3.58. The van der Waals surface area contributed by atoms with E-state index < -0.39 is 8.80 Å². The zero-order chi connectivity index (χ0) is 18.4. The summed E-state index contributed by atoms with van der Waals surface area (Å²) in [4.78, 5) is 11.8. The van der Waals surface area contributed by atoms with Gasteiger partial charge in [0.15, 0.2) is 0 Å². The Labute approximate surface area is 152 Å². The van der Waals surface area contributed by atoms with Gasteiger partial charge >= 0.3 is 14.8 Å². The lowest BCUT2D eigenvalue weighted by atomic mass is 10.1. The van der Waals surface area contributed by atoms with Crippen LogP contribution in [0.15, 0.2) is 30.3 Å². The van der Waals surface area contributed by atoms with Gasteiger partial charge in [0, 0.05) is 39.0 Å². The highest BCUT2D eigenvalue weighted by Crippen LogP contribution is 2.17. The summed E-state index contributed by atoms with van der Waals surface area (Å²) in [6.07, 6.45) is 1.58. The average molecular weight is 369 g/mol. The smallest absolute Gasteiger partial charge is 0.374 e. The minimum absolute atomic E-state index is 0.146. The van der Waals surface area contributed by atoms with Gasteiger partial charge in [0.1, 0.15) is 0 Å². The van der Waals surface area contributed by atoms with Gasteiger partial charge in [0.2, 0.25) is 0 Å². The Bertz CT molecular complexity index is 456. The number of rotatable bonds is 13. The van der Waals surface area contributed by atoms with Crippen molar-refractivity contribution in [3.05, 3.63) is 35.9 Å². The molecule has 0 spiro atoms. The van der Waals surface area contributed by atoms with Gasteiger partial charge in [-0.2, -0.15) is 0 Å². The van der Waals surface area contributed by atoms with Gasteiger partial charge in [-0.3, -0.25) is 0 Å². The Balaban J connectivity index is 2.24. The predicted molar refractivity (Wildman–Crippen MR) is 102 cm³/mol. The number of carbonyl (C=O) groups is 1. The molecule has 25 heavy (non-hydrogen) atoms. The lowest BCUT2D eigenvalue weighted by Crippen LogP contribution is -2.46. The van der Waals surface area contributed by atoms with Gasteiger partial charge in [-0.1, -0.05) is 30.3 Å². The molecule has 0 unspecified atom stereocenters. The van der Waals surface area contributed by atoms with Crippen LogP contribution in [-0.2, 0) is 19.7 Å². The Kier molecular flexibility index (Phi) is 11.1. The highest BCUT2D eigenvalue weighted by Gasteiger charge is 2.39. The van der Waals surface area contributed by atoms with E-state index in [1.807, 2.05) is 39.0 Å². The quantitative estimate of drug-likeness (QED) is 0.415. The van der Waals surface area contributed by atoms with Crippen molar-refractivity contribution in [2.45, 2.75) is 39.7 Å². The molecule has 0 atom stereocenters. The van der Waals surface area contributed by atoms with Crippen LogP contribution in [0.25, 0.3) is 0 Å². The Hall–Kier alpha value is -1.41. The van der Waals surface area contributed by atoms with Crippen molar-refractivity contribution >= 4 is 14.8 Å². The van der Waals surface area contributed by atoms with E-state index in [1.165, 1.54) is 5.56 Å². The molecule has 0 fully saturated rings. The maximum absolute atomic E-state index is 11.8. The number of hydrogen-bond donors (Lipinski definition) is 2. The van der Waals surface area contributed by atoms with E-state index in [0.29, 0.717) is 39.0 Å². The normalized spacial score (nSPS) is 11.3. The number of nitrogens with one attached hydrogen (secondary N) is 2. The molecule has 7 heteroatoms. The van der Waals surface area contributed by atoms with Crippen molar-refractivity contribution in [1.29, 1.82) is 0 Å². The fourth-order valence-electron chi connectivity index (χ4n) is 2.54. The fraction of sp³-hybridized carbons (Fsp3) is 0.611. The van der Waals surface area contributed by atoms with Gasteiger partial charge in [-0.15, -0.1) is 0 Å². The van der Waals surface area contributed by atoms with E-state index in [9.17, 15) is 4.79 Å². The molecule has 0 aliphatic carbocycles. The molecule has 1 rings (SSSR count). The van der Waals surface area contributed by atoms with Crippen molar-refractivity contribution < 1.29 is 18.1 Å². The minimum Gasteiger partial charge on any atom is -0.374 e. The molecule has 0 aliphatic heterocycles. The van der Waals surface area contributed by atoms with Crippen LogP contribution in [0, 0.1) is 0 Å². The van der Waals surface area contributed by atoms with E-state index in [1.54, 1.807) is 0 Å². The number of amides is 2. The molecule has 0 aromatic heterocycles. The van der Waals surface area contributed by atoms with Gasteiger partial charge in [0.05, 0.1) is 0 Å². The van der Waals surface area contributed by atoms with Gasteiger partial charge in [0.25, 0.3) is 0 Å². The molecule has 0 aliphatic rings. The zero-order valence-electron chi connectivity index (χ0n) is 15.7. The number of benzene rings is 1. The molecular formula is C18H32N2O4Si. The first-order chi connectivity index (χ1) is 12.2. The number of hydrogen-bond acceptors (Lipinski definition) is 4. The lowest BCUT2D eigenvalue weighted by molar-refractivity contribution is 0.0708. The lowest BCUT2D eigenvalue weighted by Gasteiger charge is -2.28. The third kappa shape index (κ3) is 9.01. The van der Waals surface area contributed by atoms with Gasteiger partial charge < -0.3 is 23.9 Å². The van der Waals surface area contributed by atoms with Crippen LogP contribution in [0.5, 0.6) is 0 Å². The van der Waals surface area contributed by atoms with Crippen molar-refractivity contribution in [2.75, 3.05) is 32.9 Å². The molecule has 1 aromatic rings. The van der Waals surface area contributed by atoms with Crippen molar-refractivity contribution in [1.82, 2.24) is 10.6 Å². The molecule has 0 radical (unpaired) electrons. The first-order valence-corrected chi connectivity index (χ1v) is 11.1. The van der Waals surface area contributed by atoms with E-state index in [0.717, 1.165) is 12.8 Å². The highest BCUT2D eigenvalue weighted by atomic mass is 28.4. The second kappa shape index (κ2) is 12.9. The van der Waals surface area contributed by atoms with Crippen LogP contribution in [0.4, 0.5) is 4.79 Å². The first-order valence-electron chi connectivity index (χ1n) is 9.13. The fourth-order valence-corrected chi connectivity index (χ4v) is 5.15. The summed E-state index contributed by atoms with van der Waals surface area (Å²) >= 11 is 0. The van der Waals surface area contributed by atoms with E-state index in [-0.39, 0.29) is 6.03 Å². The zero-order valence-corrected chi connectivity index (χ0v) is 16.7. The first kappa shape index (κ1) is 21.6. The highest BCUT2D eigenvalue weighted by molar-refractivity contribution is 6.60.